The van der Waals surface area contributed by atoms with Crippen molar-refractivity contribution < 1.29 is 12.8 Å². The van der Waals surface area contributed by atoms with Gasteiger partial charge in [-0.1, -0.05) is 13.3 Å². The number of nitrogens with one attached hydrogen (secondary N) is 1. The fourth-order valence-corrected chi connectivity index (χ4v) is 3.50. The summed E-state index contributed by atoms with van der Waals surface area (Å²) >= 11 is 0. The number of nitrogens with zero attached hydrogens (tertiary/aromatic N) is 1. The molecular weight excluding hydrogens is 288 g/mol. The molecule has 2 aromatic rings. The van der Waals surface area contributed by atoms with Crippen molar-refractivity contribution in [3.8, 4) is 0 Å². The maximum absolute atomic E-state index is 11.6. The molecular formula is C15H20N2O3S. The summed E-state index contributed by atoms with van der Waals surface area (Å²) in [6.07, 6.45) is 4.56. The highest BCUT2D eigenvalue weighted by atomic mass is 32.2. The monoisotopic (exact) mass is 308 g/mol. The predicted octanol–water partition coefficient (Wildman–Crippen LogP) is 2.68. The van der Waals surface area contributed by atoms with Gasteiger partial charge in [-0.05, 0) is 43.5 Å². The zero-order valence-corrected chi connectivity index (χ0v) is 13.1. The Kier molecular flexibility index (Phi) is 3.75. The van der Waals surface area contributed by atoms with Crippen LogP contribution in [0, 0.1) is 5.92 Å². The molecule has 1 N–H and O–H groups in total. The summed E-state index contributed by atoms with van der Waals surface area (Å²) in [6, 6.07) is 4.95. The van der Waals surface area contributed by atoms with E-state index in [4.69, 9.17) is 4.42 Å². The summed E-state index contributed by atoms with van der Waals surface area (Å²) < 4.78 is 29.0. The molecule has 1 aromatic heterocycles. The minimum Gasteiger partial charge on any atom is -0.439 e. The quantitative estimate of drug-likeness (QED) is 0.944. The lowest BCUT2D eigenvalue weighted by Crippen LogP contribution is -2.31. The Labute approximate surface area is 124 Å². The lowest BCUT2D eigenvalue weighted by atomic mass is 9.90. The van der Waals surface area contributed by atoms with Gasteiger partial charge in [0.05, 0.1) is 10.9 Å². The second-order valence-corrected chi connectivity index (χ2v) is 7.77. The minimum atomic E-state index is -3.22. The van der Waals surface area contributed by atoms with Crippen LogP contribution >= 0.6 is 0 Å². The van der Waals surface area contributed by atoms with Gasteiger partial charge in [-0.2, -0.15) is 0 Å². The Morgan fingerprint density at radius 2 is 2.24 bits per heavy atom. The van der Waals surface area contributed by atoms with Crippen LogP contribution in [-0.2, 0) is 9.84 Å². The van der Waals surface area contributed by atoms with Crippen molar-refractivity contribution in [2.24, 2.45) is 5.92 Å². The third kappa shape index (κ3) is 2.96. The summed E-state index contributed by atoms with van der Waals surface area (Å²) in [5.41, 5.74) is 1.24. The first kappa shape index (κ1) is 14.5. The Morgan fingerprint density at radius 1 is 1.43 bits per heavy atom. The minimum absolute atomic E-state index is 0.123. The third-order valence-corrected chi connectivity index (χ3v) is 5.30. The molecule has 1 fully saturated rings. The molecule has 6 heteroatoms. The number of sulfone groups is 1. The van der Waals surface area contributed by atoms with Crippen LogP contribution in [-0.4, -0.2) is 26.2 Å². The molecule has 0 saturated carbocycles. The predicted molar refractivity (Wildman–Crippen MR) is 80.9 cm³/mol. The number of fused-ring (bicyclic) bond motifs is 1. The van der Waals surface area contributed by atoms with Crippen molar-refractivity contribution in [2.45, 2.75) is 37.1 Å². The van der Waals surface area contributed by atoms with Gasteiger partial charge < -0.3 is 9.73 Å². The average Bonchev–Trinajstić information content (AvgIpc) is 2.89. The zero-order chi connectivity index (χ0) is 15.0. The maximum atomic E-state index is 11.6. The summed E-state index contributed by atoms with van der Waals surface area (Å²) in [7, 11) is -3.22. The van der Waals surface area contributed by atoms with Crippen molar-refractivity contribution in [3.05, 3.63) is 24.1 Å². The standard InChI is InChI=1S/C15H20N2O3S/c1-3-10-6-7-16-13(8-10)15-17-12-9-11(21(2,18)19)4-5-14(12)20-15/h4-5,9-10,13,16H,3,6-8H2,1-2H3. The molecule has 0 radical (unpaired) electrons. The van der Waals surface area contributed by atoms with E-state index in [2.05, 4.69) is 17.2 Å². The highest BCUT2D eigenvalue weighted by molar-refractivity contribution is 7.90. The number of benzene rings is 1. The fraction of sp³-hybridized carbons (Fsp3) is 0.533. The van der Waals surface area contributed by atoms with Crippen LogP contribution in [0.5, 0.6) is 0 Å². The van der Waals surface area contributed by atoms with E-state index in [1.807, 2.05) is 0 Å². The van der Waals surface area contributed by atoms with E-state index < -0.39 is 9.84 Å². The smallest absolute Gasteiger partial charge is 0.212 e. The van der Waals surface area contributed by atoms with E-state index >= 15 is 0 Å². The number of piperidine rings is 1. The Morgan fingerprint density at radius 3 is 2.95 bits per heavy atom. The van der Waals surface area contributed by atoms with Gasteiger partial charge in [0.1, 0.15) is 5.52 Å². The van der Waals surface area contributed by atoms with E-state index in [0.29, 0.717) is 22.9 Å². The van der Waals surface area contributed by atoms with Crippen LogP contribution in [0.1, 0.15) is 38.1 Å². The summed E-state index contributed by atoms with van der Waals surface area (Å²) in [6.45, 7) is 3.17. The van der Waals surface area contributed by atoms with Crippen molar-refractivity contribution >= 4 is 20.9 Å². The largest absolute Gasteiger partial charge is 0.439 e. The van der Waals surface area contributed by atoms with Crippen LogP contribution in [0.2, 0.25) is 0 Å². The first-order valence-electron chi connectivity index (χ1n) is 7.31. The van der Waals surface area contributed by atoms with Crippen LogP contribution in [0.15, 0.2) is 27.5 Å². The van der Waals surface area contributed by atoms with Gasteiger partial charge >= 0.3 is 0 Å². The molecule has 2 atom stereocenters. The number of oxazole rings is 1. The number of hydrogen-bond acceptors (Lipinski definition) is 5. The fourth-order valence-electron chi connectivity index (χ4n) is 2.86. The summed E-state index contributed by atoms with van der Waals surface area (Å²) in [5.74, 6) is 1.35. The molecule has 0 bridgehead atoms. The molecule has 0 spiro atoms. The van der Waals surface area contributed by atoms with E-state index in [0.717, 1.165) is 19.4 Å². The summed E-state index contributed by atoms with van der Waals surface area (Å²) in [5, 5.41) is 3.43. The van der Waals surface area contributed by atoms with E-state index in [1.54, 1.807) is 18.2 Å². The number of hydrogen-bond donors (Lipinski definition) is 1. The molecule has 21 heavy (non-hydrogen) atoms. The molecule has 5 nitrogen and oxygen atoms in total. The first-order chi connectivity index (χ1) is 9.97. The maximum Gasteiger partial charge on any atom is 0.212 e. The second kappa shape index (κ2) is 5.42. The van der Waals surface area contributed by atoms with E-state index in [9.17, 15) is 8.42 Å². The van der Waals surface area contributed by atoms with E-state index in [-0.39, 0.29) is 10.9 Å². The third-order valence-electron chi connectivity index (χ3n) is 4.19. The molecule has 1 aliphatic heterocycles. The van der Waals surface area contributed by atoms with Crippen molar-refractivity contribution in [1.82, 2.24) is 10.3 Å². The van der Waals surface area contributed by atoms with Crippen LogP contribution in [0.3, 0.4) is 0 Å². The zero-order valence-electron chi connectivity index (χ0n) is 12.3. The van der Waals surface area contributed by atoms with Gasteiger partial charge in [0.25, 0.3) is 0 Å². The lowest BCUT2D eigenvalue weighted by molar-refractivity contribution is 0.268. The normalized spacial score (nSPS) is 23.5. The Hall–Kier alpha value is -1.40. The van der Waals surface area contributed by atoms with Crippen LogP contribution in [0.4, 0.5) is 0 Å². The van der Waals surface area contributed by atoms with Crippen LogP contribution < -0.4 is 5.32 Å². The molecule has 2 unspecified atom stereocenters. The molecule has 1 aliphatic rings. The second-order valence-electron chi connectivity index (χ2n) is 5.76. The molecule has 1 saturated heterocycles. The Balaban J connectivity index is 1.94. The highest BCUT2D eigenvalue weighted by Gasteiger charge is 2.25. The summed E-state index contributed by atoms with van der Waals surface area (Å²) in [4.78, 5) is 4.76. The van der Waals surface area contributed by atoms with Crippen molar-refractivity contribution in [2.75, 3.05) is 12.8 Å². The van der Waals surface area contributed by atoms with Crippen LogP contribution in [0.25, 0.3) is 11.1 Å². The highest BCUT2D eigenvalue weighted by Crippen LogP contribution is 2.31. The topological polar surface area (TPSA) is 72.2 Å². The van der Waals surface area contributed by atoms with Gasteiger partial charge in [0, 0.05) is 6.26 Å². The molecule has 0 amide bonds. The molecule has 114 valence electrons. The number of rotatable bonds is 3. The Bertz CT molecular complexity index is 751. The van der Waals surface area contributed by atoms with Crippen molar-refractivity contribution in [3.63, 3.8) is 0 Å². The first-order valence-corrected chi connectivity index (χ1v) is 9.20. The lowest BCUT2D eigenvalue weighted by Gasteiger charge is -2.27. The van der Waals surface area contributed by atoms with Gasteiger partial charge in [-0.25, -0.2) is 13.4 Å². The van der Waals surface area contributed by atoms with E-state index in [1.165, 1.54) is 12.7 Å². The molecule has 1 aromatic carbocycles. The molecule has 3 rings (SSSR count). The van der Waals surface area contributed by atoms with Gasteiger partial charge in [0.15, 0.2) is 15.4 Å². The SMILES string of the molecule is CCC1CCNC(c2nc3cc(S(C)(=O)=O)ccc3o2)C1. The van der Waals surface area contributed by atoms with Crippen molar-refractivity contribution in [1.29, 1.82) is 0 Å². The molecule has 0 aliphatic carbocycles. The van der Waals surface area contributed by atoms with Gasteiger partial charge in [-0.15, -0.1) is 0 Å². The number of aromatic nitrogens is 1. The van der Waals surface area contributed by atoms with Gasteiger partial charge in [0.2, 0.25) is 5.89 Å². The average molecular weight is 308 g/mol. The molecule has 2 heterocycles. The van der Waals surface area contributed by atoms with Gasteiger partial charge in [-0.3, -0.25) is 0 Å².